The van der Waals surface area contributed by atoms with Crippen molar-refractivity contribution < 1.29 is 4.74 Å². The molecule has 1 unspecified atom stereocenters. The van der Waals surface area contributed by atoms with Crippen molar-refractivity contribution in [3.8, 4) is 0 Å². The summed E-state index contributed by atoms with van der Waals surface area (Å²) in [7, 11) is 0. The predicted molar refractivity (Wildman–Crippen MR) is 75.1 cm³/mol. The van der Waals surface area contributed by atoms with Crippen LogP contribution in [-0.2, 0) is 11.3 Å². The van der Waals surface area contributed by atoms with Crippen LogP contribution in [0.4, 0.5) is 0 Å². The van der Waals surface area contributed by atoms with E-state index in [0.29, 0.717) is 6.04 Å². The number of aryl methyl sites for hydroxylation is 1. The van der Waals surface area contributed by atoms with Crippen LogP contribution in [0.25, 0.3) is 11.0 Å². The number of fused-ring (bicyclic) bond motifs is 1. The van der Waals surface area contributed by atoms with Crippen molar-refractivity contribution in [1.29, 1.82) is 0 Å². The van der Waals surface area contributed by atoms with Gasteiger partial charge in [0, 0.05) is 25.7 Å². The maximum absolute atomic E-state index is 5.43. The number of aromatic amines is 1. The van der Waals surface area contributed by atoms with Crippen molar-refractivity contribution in [1.82, 2.24) is 20.6 Å². The summed E-state index contributed by atoms with van der Waals surface area (Å²) < 4.78 is 5.43. The highest BCUT2D eigenvalue weighted by Crippen LogP contribution is 2.13. The Morgan fingerprint density at radius 2 is 2.42 bits per heavy atom. The number of benzene rings is 1. The topological polar surface area (TPSA) is 62.0 Å². The molecule has 0 saturated carbocycles. The highest BCUT2D eigenvalue weighted by Gasteiger charge is 2.11. The Hall–Kier alpha value is -1.43. The fourth-order valence-corrected chi connectivity index (χ4v) is 2.44. The summed E-state index contributed by atoms with van der Waals surface area (Å²) in [5.41, 5.74) is 3.41. The highest BCUT2D eigenvalue weighted by atomic mass is 16.5. The van der Waals surface area contributed by atoms with E-state index in [-0.39, 0.29) is 0 Å². The summed E-state index contributed by atoms with van der Waals surface area (Å²) in [4.78, 5) is 7.67. The first-order valence-electron chi connectivity index (χ1n) is 6.78. The minimum absolute atomic E-state index is 0.423. The minimum Gasteiger partial charge on any atom is -0.378 e. The number of rotatable bonds is 4. The van der Waals surface area contributed by atoms with Gasteiger partial charge in [-0.25, -0.2) is 4.98 Å². The number of ether oxygens (including phenoxy) is 1. The third kappa shape index (κ3) is 3.12. The second kappa shape index (κ2) is 5.69. The molecule has 3 N–H and O–H groups in total. The lowest BCUT2D eigenvalue weighted by Crippen LogP contribution is -2.47. The fourth-order valence-electron chi connectivity index (χ4n) is 2.44. The number of hydrogen-bond acceptors (Lipinski definition) is 4. The first kappa shape index (κ1) is 12.6. The van der Waals surface area contributed by atoms with Gasteiger partial charge in [-0.3, -0.25) is 0 Å². The predicted octanol–water partition coefficient (Wildman–Crippen LogP) is 0.949. The van der Waals surface area contributed by atoms with Crippen LogP contribution in [0.2, 0.25) is 0 Å². The maximum atomic E-state index is 5.43. The van der Waals surface area contributed by atoms with Gasteiger partial charge < -0.3 is 20.4 Å². The summed E-state index contributed by atoms with van der Waals surface area (Å²) in [6.07, 6.45) is 0. The maximum Gasteiger partial charge on any atom is 0.104 e. The largest absolute Gasteiger partial charge is 0.378 e. The smallest absolute Gasteiger partial charge is 0.104 e. The Morgan fingerprint density at radius 1 is 1.47 bits per heavy atom. The number of morpholine rings is 1. The lowest BCUT2D eigenvalue weighted by atomic mass is 10.2. The number of imidazole rings is 1. The Labute approximate surface area is 112 Å². The molecule has 1 aromatic carbocycles. The molecule has 3 rings (SSSR count). The molecule has 1 saturated heterocycles. The zero-order valence-electron chi connectivity index (χ0n) is 11.2. The molecule has 1 fully saturated rings. The van der Waals surface area contributed by atoms with Crippen molar-refractivity contribution in [2.75, 3.05) is 26.3 Å². The van der Waals surface area contributed by atoms with Gasteiger partial charge in [0.05, 0.1) is 24.2 Å². The molecule has 1 aromatic heterocycles. The first-order valence-corrected chi connectivity index (χ1v) is 6.78. The van der Waals surface area contributed by atoms with Crippen molar-refractivity contribution in [2.45, 2.75) is 19.5 Å². The number of hydrogen-bond donors (Lipinski definition) is 3. The second-order valence-corrected chi connectivity index (χ2v) is 5.03. The monoisotopic (exact) mass is 260 g/mol. The van der Waals surface area contributed by atoms with Gasteiger partial charge in [-0.05, 0) is 24.6 Å². The Morgan fingerprint density at radius 3 is 3.26 bits per heavy atom. The van der Waals surface area contributed by atoms with Crippen LogP contribution >= 0.6 is 0 Å². The molecule has 5 heteroatoms. The third-order valence-electron chi connectivity index (χ3n) is 3.38. The SMILES string of the molecule is Cc1nc2ccc(CNCC3COCCN3)cc2[nH]1. The van der Waals surface area contributed by atoms with Crippen LogP contribution in [0.3, 0.4) is 0 Å². The van der Waals surface area contributed by atoms with Crippen molar-refractivity contribution in [2.24, 2.45) is 0 Å². The summed E-state index contributed by atoms with van der Waals surface area (Å²) in [5.74, 6) is 0.962. The standard InChI is InChI=1S/C14H20N4O/c1-10-17-13-3-2-11(6-14(13)18-10)7-15-8-12-9-19-5-4-16-12/h2-3,6,12,15-16H,4-5,7-9H2,1H3,(H,17,18). The zero-order chi connectivity index (χ0) is 13.1. The normalized spacial score (nSPS) is 19.9. The van der Waals surface area contributed by atoms with Crippen LogP contribution < -0.4 is 10.6 Å². The van der Waals surface area contributed by atoms with E-state index in [9.17, 15) is 0 Å². The Bertz CT molecular complexity index is 545. The van der Waals surface area contributed by atoms with E-state index in [2.05, 4.69) is 38.8 Å². The molecule has 0 amide bonds. The van der Waals surface area contributed by atoms with Crippen LogP contribution in [0, 0.1) is 6.92 Å². The molecule has 0 radical (unpaired) electrons. The Balaban J connectivity index is 1.55. The van der Waals surface area contributed by atoms with E-state index in [4.69, 9.17) is 4.74 Å². The van der Waals surface area contributed by atoms with E-state index in [1.807, 2.05) is 6.92 Å². The van der Waals surface area contributed by atoms with Crippen LogP contribution in [-0.4, -0.2) is 42.3 Å². The zero-order valence-corrected chi connectivity index (χ0v) is 11.2. The minimum atomic E-state index is 0.423. The Kier molecular flexibility index (Phi) is 3.77. The number of H-pyrrole nitrogens is 1. The van der Waals surface area contributed by atoms with Crippen molar-refractivity contribution in [3.05, 3.63) is 29.6 Å². The van der Waals surface area contributed by atoms with Gasteiger partial charge in [0.25, 0.3) is 0 Å². The number of nitrogens with one attached hydrogen (secondary N) is 3. The molecule has 0 spiro atoms. The summed E-state index contributed by atoms with van der Waals surface area (Å²) in [6, 6.07) is 6.78. The van der Waals surface area contributed by atoms with Crippen molar-refractivity contribution in [3.63, 3.8) is 0 Å². The second-order valence-electron chi connectivity index (χ2n) is 5.03. The highest BCUT2D eigenvalue weighted by molar-refractivity contribution is 5.75. The first-order chi connectivity index (χ1) is 9.31. The molecule has 2 aromatic rings. The number of aromatic nitrogens is 2. The molecule has 2 heterocycles. The lowest BCUT2D eigenvalue weighted by molar-refractivity contribution is 0.0766. The lowest BCUT2D eigenvalue weighted by Gasteiger charge is -2.24. The summed E-state index contributed by atoms with van der Waals surface area (Å²) in [5, 5.41) is 6.90. The molecule has 0 aliphatic carbocycles. The van der Waals surface area contributed by atoms with Gasteiger partial charge in [-0.1, -0.05) is 6.07 Å². The van der Waals surface area contributed by atoms with E-state index in [1.54, 1.807) is 0 Å². The molecular weight excluding hydrogens is 240 g/mol. The summed E-state index contributed by atoms with van der Waals surface area (Å²) >= 11 is 0. The van der Waals surface area contributed by atoms with E-state index in [1.165, 1.54) is 5.56 Å². The van der Waals surface area contributed by atoms with Gasteiger partial charge in [-0.2, -0.15) is 0 Å². The van der Waals surface area contributed by atoms with Gasteiger partial charge in [-0.15, -0.1) is 0 Å². The van der Waals surface area contributed by atoms with E-state index in [0.717, 1.165) is 49.7 Å². The van der Waals surface area contributed by atoms with Gasteiger partial charge in [0.15, 0.2) is 0 Å². The average Bonchev–Trinajstić information content (AvgIpc) is 2.79. The van der Waals surface area contributed by atoms with E-state index < -0.39 is 0 Å². The molecule has 0 bridgehead atoms. The van der Waals surface area contributed by atoms with Crippen LogP contribution in [0.15, 0.2) is 18.2 Å². The molecule has 1 atom stereocenters. The van der Waals surface area contributed by atoms with Gasteiger partial charge in [0.2, 0.25) is 0 Å². The molecule has 1 aliphatic heterocycles. The van der Waals surface area contributed by atoms with Gasteiger partial charge in [0.1, 0.15) is 5.82 Å². The molecule has 19 heavy (non-hydrogen) atoms. The quantitative estimate of drug-likeness (QED) is 0.766. The molecule has 5 nitrogen and oxygen atoms in total. The van der Waals surface area contributed by atoms with Crippen LogP contribution in [0.5, 0.6) is 0 Å². The van der Waals surface area contributed by atoms with Gasteiger partial charge >= 0.3 is 0 Å². The number of nitrogens with zero attached hydrogens (tertiary/aromatic N) is 1. The van der Waals surface area contributed by atoms with E-state index >= 15 is 0 Å². The summed E-state index contributed by atoms with van der Waals surface area (Å²) in [6.45, 7) is 6.35. The van der Waals surface area contributed by atoms with Crippen LogP contribution in [0.1, 0.15) is 11.4 Å². The fraction of sp³-hybridized carbons (Fsp3) is 0.500. The molecule has 1 aliphatic rings. The molecule has 102 valence electrons. The third-order valence-corrected chi connectivity index (χ3v) is 3.38. The average molecular weight is 260 g/mol. The van der Waals surface area contributed by atoms with Crippen molar-refractivity contribution >= 4 is 11.0 Å². The molecular formula is C14H20N4O.